The molecule has 4 nitrogen and oxygen atoms in total. The van der Waals surface area contributed by atoms with Crippen LogP contribution in [0.25, 0.3) is 0 Å². The molecule has 0 aromatic heterocycles. The summed E-state index contributed by atoms with van der Waals surface area (Å²) >= 11 is 0. The summed E-state index contributed by atoms with van der Waals surface area (Å²) in [4.78, 5) is 0. The molecule has 1 heterocycles. The van der Waals surface area contributed by atoms with E-state index in [-0.39, 0.29) is 6.79 Å². The van der Waals surface area contributed by atoms with Crippen molar-refractivity contribution in [3.05, 3.63) is 17.7 Å². The number of rotatable bonds is 3. The van der Waals surface area contributed by atoms with Gasteiger partial charge < -0.3 is 19.3 Å². The van der Waals surface area contributed by atoms with E-state index in [0.717, 1.165) is 29.9 Å². The maximum absolute atomic E-state index is 9.94. The molecule has 0 bridgehead atoms. The third-order valence-corrected chi connectivity index (χ3v) is 3.11. The van der Waals surface area contributed by atoms with Crippen LogP contribution < -0.4 is 14.2 Å². The summed E-state index contributed by atoms with van der Waals surface area (Å²) in [5.74, 6) is 2.20. The van der Waals surface area contributed by atoms with E-state index in [2.05, 4.69) is 0 Å². The lowest BCUT2D eigenvalue weighted by Gasteiger charge is -2.11. The van der Waals surface area contributed by atoms with Gasteiger partial charge in [0.1, 0.15) is 5.75 Å². The highest BCUT2D eigenvalue weighted by atomic mass is 16.7. The van der Waals surface area contributed by atoms with Crippen LogP contribution in [0.3, 0.4) is 0 Å². The van der Waals surface area contributed by atoms with Crippen LogP contribution in [0.2, 0.25) is 0 Å². The van der Waals surface area contributed by atoms with Gasteiger partial charge in [0.05, 0.1) is 12.7 Å². The first-order chi connectivity index (χ1) is 7.70. The van der Waals surface area contributed by atoms with Crippen molar-refractivity contribution in [3.63, 3.8) is 0 Å². The molecule has 1 aliphatic carbocycles. The maximum Gasteiger partial charge on any atom is 0.231 e. The molecule has 1 aromatic rings. The van der Waals surface area contributed by atoms with Crippen LogP contribution in [0.15, 0.2) is 12.1 Å². The molecule has 0 saturated heterocycles. The van der Waals surface area contributed by atoms with Gasteiger partial charge in [-0.2, -0.15) is 0 Å². The van der Waals surface area contributed by atoms with Crippen molar-refractivity contribution in [2.75, 3.05) is 13.9 Å². The van der Waals surface area contributed by atoms with Crippen LogP contribution in [-0.2, 0) is 6.42 Å². The first-order valence-corrected chi connectivity index (χ1v) is 5.39. The smallest absolute Gasteiger partial charge is 0.231 e. The number of hydrogen-bond acceptors (Lipinski definition) is 4. The largest absolute Gasteiger partial charge is 0.497 e. The van der Waals surface area contributed by atoms with Crippen LogP contribution >= 0.6 is 0 Å². The summed E-state index contributed by atoms with van der Waals surface area (Å²) in [5, 5.41) is 9.94. The normalized spacial score (nSPS) is 19.6. The summed E-state index contributed by atoms with van der Waals surface area (Å²) < 4.78 is 15.9. The van der Waals surface area contributed by atoms with E-state index in [1.807, 2.05) is 12.1 Å². The second-order valence-corrected chi connectivity index (χ2v) is 4.42. The second kappa shape index (κ2) is 3.28. The zero-order valence-electron chi connectivity index (χ0n) is 9.16. The molecule has 1 saturated carbocycles. The van der Waals surface area contributed by atoms with Crippen LogP contribution in [0.5, 0.6) is 17.2 Å². The average molecular weight is 222 g/mol. The number of aliphatic hydroxyl groups is 1. The molecular weight excluding hydrogens is 208 g/mol. The Kier molecular flexibility index (Phi) is 2.01. The van der Waals surface area contributed by atoms with Crippen molar-refractivity contribution in [2.45, 2.75) is 24.9 Å². The summed E-state index contributed by atoms with van der Waals surface area (Å²) in [6, 6.07) is 3.71. The molecule has 4 heteroatoms. The molecule has 1 fully saturated rings. The van der Waals surface area contributed by atoms with Gasteiger partial charge in [0.25, 0.3) is 0 Å². The molecule has 0 atom stereocenters. The number of hydrogen-bond donors (Lipinski definition) is 1. The zero-order valence-corrected chi connectivity index (χ0v) is 9.16. The molecule has 0 unspecified atom stereocenters. The molecule has 0 radical (unpaired) electrons. The summed E-state index contributed by atoms with van der Waals surface area (Å²) in [5.41, 5.74) is 0.429. The van der Waals surface area contributed by atoms with Crippen LogP contribution in [0, 0.1) is 0 Å². The molecule has 3 rings (SSSR count). The quantitative estimate of drug-likeness (QED) is 0.841. The minimum atomic E-state index is -0.536. The summed E-state index contributed by atoms with van der Waals surface area (Å²) in [7, 11) is 1.62. The van der Waals surface area contributed by atoms with Crippen molar-refractivity contribution >= 4 is 0 Å². The number of benzene rings is 1. The van der Waals surface area contributed by atoms with Gasteiger partial charge in [0, 0.05) is 18.1 Å². The highest BCUT2D eigenvalue weighted by Gasteiger charge is 2.41. The van der Waals surface area contributed by atoms with E-state index < -0.39 is 5.60 Å². The molecule has 0 amide bonds. The standard InChI is InChI=1S/C12H14O4/c1-14-9-4-8(6-12(13)2-3-12)11-10(5-9)15-7-16-11/h4-5,13H,2-3,6-7H2,1H3. The predicted molar refractivity (Wildman–Crippen MR) is 57.0 cm³/mol. The first-order valence-electron chi connectivity index (χ1n) is 5.39. The lowest BCUT2D eigenvalue weighted by atomic mass is 10.0. The van der Waals surface area contributed by atoms with E-state index >= 15 is 0 Å². The van der Waals surface area contributed by atoms with Crippen molar-refractivity contribution in [1.29, 1.82) is 0 Å². The van der Waals surface area contributed by atoms with Crippen molar-refractivity contribution in [3.8, 4) is 17.2 Å². The lowest BCUT2D eigenvalue weighted by molar-refractivity contribution is 0.147. The number of fused-ring (bicyclic) bond motifs is 1. The molecule has 1 aliphatic heterocycles. The second-order valence-electron chi connectivity index (χ2n) is 4.42. The minimum absolute atomic E-state index is 0.244. The molecule has 16 heavy (non-hydrogen) atoms. The van der Waals surface area contributed by atoms with Gasteiger partial charge in [-0.3, -0.25) is 0 Å². The van der Waals surface area contributed by atoms with Gasteiger partial charge in [0.15, 0.2) is 11.5 Å². The van der Waals surface area contributed by atoms with Crippen molar-refractivity contribution in [1.82, 2.24) is 0 Å². The average Bonchev–Trinajstić information content (AvgIpc) is 2.81. The fraction of sp³-hybridized carbons (Fsp3) is 0.500. The number of ether oxygens (including phenoxy) is 3. The van der Waals surface area contributed by atoms with E-state index in [0.29, 0.717) is 12.2 Å². The van der Waals surface area contributed by atoms with E-state index in [4.69, 9.17) is 14.2 Å². The van der Waals surface area contributed by atoms with E-state index in [9.17, 15) is 5.11 Å². The van der Waals surface area contributed by atoms with Gasteiger partial charge >= 0.3 is 0 Å². The Hall–Kier alpha value is -1.42. The Morgan fingerprint density at radius 3 is 2.88 bits per heavy atom. The monoisotopic (exact) mass is 222 g/mol. The van der Waals surface area contributed by atoms with Gasteiger partial charge in [-0.15, -0.1) is 0 Å². The highest BCUT2D eigenvalue weighted by Crippen LogP contribution is 2.45. The van der Waals surface area contributed by atoms with Crippen LogP contribution in [-0.4, -0.2) is 24.6 Å². The molecular formula is C12H14O4. The Labute approximate surface area is 93.7 Å². The van der Waals surface area contributed by atoms with Gasteiger partial charge in [0.2, 0.25) is 6.79 Å². The fourth-order valence-corrected chi connectivity index (χ4v) is 1.98. The minimum Gasteiger partial charge on any atom is -0.497 e. The Bertz CT molecular complexity index is 423. The van der Waals surface area contributed by atoms with Crippen LogP contribution in [0.4, 0.5) is 0 Å². The first kappa shape index (κ1) is 9.78. The lowest BCUT2D eigenvalue weighted by Crippen LogP contribution is -2.11. The van der Waals surface area contributed by atoms with E-state index in [1.54, 1.807) is 7.11 Å². The maximum atomic E-state index is 9.94. The van der Waals surface area contributed by atoms with Gasteiger partial charge in [-0.25, -0.2) is 0 Å². The highest BCUT2D eigenvalue weighted by molar-refractivity contribution is 5.53. The third-order valence-electron chi connectivity index (χ3n) is 3.11. The topological polar surface area (TPSA) is 47.9 Å². The van der Waals surface area contributed by atoms with Crippen LogP contribution in [0.1, 0.15) is 18.4 Å². The summed E-state index contributed by atoms with van der Waals surface area (Å²) in [6.45, 7) is 0.244. The molecule has 86 valence electrons. The molecule has 1 aromatic carbocycles. The van der Waals surface area contributed by atoms with Crippen molar-refractivity contribution < 1.29 is 19.3 Å². The fourth-order valence-electron chi connectivity index (χ4n) is 1.98. The third kappa shape index (κ3) is 1.59. The molecule has 0 spiro atoms. The van der Waals surface area contributed by atoms with Gasteiger partial charge in [-0.05, 0) is 18.9 Å². The van der Waals surface area contributed by atoms with Crippen molar-refractivity contribution in [2.24, 2.45) is 0 Å². The number of methoxy groups -OCH3 is 1. The van der Waals surface area contributed by atoms with E-state index in [1.165, 1.54) is 0 Å². The predicted octanol–water partition coefficient (Wildman–Crippen LogP) is 1.49. The molecule has 1 N–H and O–H groups in total. The Morgan fingerprint density at radius 2 is 2.19 bits per heavy atom. The SMILES string of the molecule is COc1cc(CC2(O)CC2)c2c(c1)OCO2. The Balaban J connectivity index is 1.98. The summed E-state index contributed by atoms with van der Waals surface area (Å²) in [6.07, 6.45) is 2.33. The molecule has 2 aliphatic rings. The zero-order chi connectivity index (χ0) is 11.2. The van der Waals surface area contributed by atoms with Gasteiger partial charge in [-0.1, -0.05) is 0 Å². The Morgan fingerprint density at radius 1 is 1.38 bits per heavy atom.